The van der Waals surface area contributed by atoms with Crippen LogP contribution < -0.4 is 10.6 Å². The lowest BCUT2D eigenvalue weighted by molar-refractivity contribution is 0.0992. The Kier molecular flexibility index (Phi) is 3.89. The van der Waals surface area contributed by atoms with Crippen LogP contribution in [0.3, 0.4) is 0 Å². The topological polar surface area (TPSA) is 79.5 Å². The van der Waals surface area contributed by atoms with Gasteiger partial charge in [0.05, 0.1) is 21.1 Å². The molecule has 0 fully saturated rings. The molecule has 19 heavy (non-hydrogen) atoms. The van der Waals surface area contributed by atoms with Gasteiger partial charge in [-0.3, -0.25) is 9.78 Å². The zero-order valence-electron chi connectivity index (χ0n) is 10.2. The van der Waals surface area contributed by atoms with Crippen LogP contribution in [0.25, 0.3) is 0 Å². The molecule has 1 aromatic heterocycles. The Bertz CT molecular complexity index is 631. The van der Waals surface area contributed by atoms with Crippen LogP contribution in [0.1, 0.15) is 10.4 Å². The van der Waals surface area contributed by atoms with Crippen molar-refractivity contribution in [2.75, 3.05) is 17.7 Å². The number of rotatable bonds is 2. The smallest absolute Gasteiger partial charge is 0.258 e. The van der Waals surface area contributed by atoms with Gasteiger partial charge in [0.25, 0.3) is 5.91 Å². The number of carbonyl (C=O) groups excluding carboxylic acids is 1. The fourth-order valence-electron chi connectivity index (χ4n) is 1.65. The predicted octanol–water partition coefficient (Wildman–Crippen LogP) is 2.25. The second kappa shape index (κ2) is 5.43. The monoisotopic (exact) mass is 369 g/mol. The number of anilines is 2. The summed E-state index contributed by atoms with van der Waals surface area (Å²) in [6.45, 7) is 0. The molecule has 1 aromatic carbocycles. The van der Waals surface area contributed by atoms with E-state index in [9.17, 15) is 9.90 Å². The summed E-state index contributed by atoms with van der Waals surface area (Å²) in [6.07, 6.45) is 3.06. The Hall–Kier alpha value is -1.83. The summed E-state index contributed by atoms with van der Waals surface area (Å²) in [7, 11) is 1.63. The Morgan fingerprint density at radius 2 is 2.16 bits per heavy atom. The highest BCUT2D eigenvalue weighted by Crippen LogP contribution is 2.25. The summed E-state index contributed by atoms with van der Waals surface area (Å²) in [4.78, 5) is 17.6. The van der Waals surface area contributed by atoms with Crippen molar-refractivity contribution in [3.8, 4) is 5.75 Å². The van der Waals surface area contributed by atoms with Crippen molar-refractivity contribution >= 4 is 39.9 Å². The number of hydrogen-bond acceptors (Lipinski definition) is 4. The molecule has 1 heterocycles. The zero-order chi connectivity index (χ0) is 14.0. The average Bonchev–Trinajstić information content (AvgIpc) is 2.41. The maximum absolute atomic E-state index is 12.3. The molecule has 0 radical (unpaired) electrons. The molecule has 0 aliphatic rings. The molecule has 0 aliphatic heterocycles. The molecule has 0 bridgehead atoms. The lowest BCUT2D eigenvalue weighted by Gasteiger charge is -2.19. The van der Waals surface area contributed by atoms with Gasteiger partial charge in [-0.25, -0.2) is 0 Å². The van der Waals surface area contributed by atoms with Gasteiger partial charge in [-0.1, -0.05) is 0 Å². The van der Waals surface area contributed by atoms with E-state index in [0.717, 1.165) is 0 Å². The number of nitrogen functional groups attached to an aromatic ring is 1. The van der Waals surface area contributed by atoms with E-state index in [-0.39, 0.29) is 11.7 Å². The van der Waals surface area contributed by atoms with E-state index in [2.05, 4.69) is 4.98 Å². The minimum absolute atomic E-state index is 0.0857. The van der Waals surface area contributed by atoms with Crippen molar-refractivity contribution in [2.45, 2.75) is 0 Å². The molecule has 0 unspecified atom stereocenters. The second-order valence-electron chi connectivity index (χ2n) is 3.96. The highest BCUT2D eigenvalue weighted by Gasteiger charge is 2.16. The number of pyridine rings is 1. The molecule has 6 heteroatoms. The molecule has 3 N–H and O–H groups in total. The van der Waals surface area contributed by atoms with E-state index in [4.69, 9.17) is 5.73 Å². The molecular formula is C13H12IN3O2. The number of phenols is 1. The van der Waals surface area contributed by atoms with Crippen molar-refractivity contribution in [3.63, 3.8) is 0 Å². The zero-order valence-corrected chi connectivity index (χ0v) is 12.3. The van der Waals surface area contributed by atoms with E-state index in [1.54, 1.807) is 31.4 Å². The number of hydrogen-bond donors (Lipinski definition) is 2. The number of halogens is 1. The van der Waals surface area contributed by atoms with Crippen LogP contribution in [-0.4, -0.2) is 23.0 Å². The van der Waals surface area contributed by atoms with Crippen molar-refractivity contribution in [1.29, 1.82) is 0 Å². The number of nitrogens with two attached hydrogens (primary N) is 1. The Morgan fingerprint density at radius 1 is 1.42 bits per heavy atom. The summed E-state index contributed by atoms with van der Waals surface area (Å²) < 4.78 is 0.695. The van der Waals surface area contributed by atoms with Crippen molar-refractivity contribution < 1.29 is 9.90 Å². The van der Waals surface area contributed by atoms with Gasteiger partial charge >= 0.3 is 0 Å². The van der Waals surface area contributed by atoms with Gasteiger partial charge in [0.1, 0.15) is 5.75 Å². The third-order valence-electron chi connectivity index (χ3n) is 2.69. The first kappa shape index (κ1) is 13.6. The number of nitrogens with zero attached hydrogens (tertiary/aromatic N) is 2. The lowest BCUT2D eigenvalue weighted by Crippen LogP contribution is -2.27. The van der Waals surface area contributed by atoms with Crippen molar-refractivity contribution in [2.24, 2.45) is 0 Å². The van der Waals surface area contributed by atoms with Gasteiger partial charge in [0.15, 0.2) is 0 Å². The Labute approximate surface area is 124 Å². The molecular weight excluding hydrogens is 357 g/mol. The summed E-state index contributed by atoms with van der Waals surface area (Å²) in [6, 6.07) is 6.46. The standard InChI is InChI=1S/C13H12IN3O2/c1-17(11-4-5-16-7-10(11)15)13(19)8-2-3-9(14)12(18)6-8/h2-7,18H,15H2,1H3. The van der Waals surface area contributed by atoms with E-state index in [1.807, 2.05) is 22.6 Å². The first-order chi connectivity index (χ1) is 9.00. The van der Waals surface area contributed by atoms with Gasteiger partial charge in [-0.2, -0.15) is 0 Å². The molecule has 98 valence electrons. The maximum Gasteiger partial charge on any atom is 0.258 e. The quantitative estimate of drug-likeness (QED) is 0.796. The molecule has 0 aliphatic carbocycles. The number of amides is 1. The predicted molar refractivity (Wildman–Crippen MR) is 82.2 cm³/mol. The van der Waals surface area contributed by atoms with Crippen LogP contribution in [0.2, 0.25) is 0 Å². The van der Waals surface area contributed by atoms with E-state index >= 15 is 0 Å². The number of carbonyl (C=O) groups is 1. The molecule has 1 amide bonds. The first-order valence-electron chi connectivity index (χ1n) is 5.46. The first-order valence-corrected chi connectivity index (χ1v) is 6.54. The molecule has 0 saturated carbocycles. The van der Waals surface area contributed by atoms with E-state index < -0.39 is 0 Å². The number of aromatic nitrogens is 1. The van der Waals surface area contributed by atoms with Gasteiger partial charge < -0.3 is 15.7 Å². The van der Waals surface area contributed by atoms with Gasteiger partial charge in [-0.15, -0.1) is 0 Å². The van der Waals surface area contributed by atoms with Crippen LogP contribution in [-0.2, 0) is 0 Å². The molecule has 0 saturated heterocycles. The SMILES string of the molecule is CN(C(=O)c1ccc(I)c(O)c1)c1ccncc1N. The molecule has 2 rings (SSSR count). The Morgan fingerprint density at radius 3 is 2.79 bits per heavy atom. The van der Waals surface area contributed by atoms with Crippen molar-refractivity contribution in [3.05, 3.63) is 45.8 Å². The number of aromatic hydroxyl groups is 1. The second-order valence-corrected chi connectivity index (χ2v) is 5.13. The highest BCUT2D eigenvalue weighted by atomic mass is 127. The maximum atomic E-state index is 12.3. The fourth-order valence-corrected chi connectivity index (χ4v) is 1.99. The lowest BCUT2D eigenvalue weighted by atomic mass is 10.2. The van der Waals surface area contributed by atoms with E-state index in [0.29, 0.717) is 20.5 Å². The third kappa shape index (κ3) is 2.78. The summed E-state index contributed by atoms with van der Waals surface area (Å²) >= 11 is 2.00. The van der Waals surface area contributed by atoms with Crippen molar-refractivity contribution in [1.82, 2.24) is 4.98 Å². The largest absolute Gasteiger partial charge is 0.507 e. The number of phenolic OH excluding ortho intramolecular Hbond substituents is 1. The molecule has 2 aromatic rings. The molecule has 0 atom stereocenters. The summed E-state index contributed by atoms with van der Waals surface area (Å²) in [5, 5.41) is 9.64. The fraction of sp³-hybridized carbons (Fsp3) is 0.0769. The number of benzene rings is 1. The van der Waals surface area contributed by atoms with Crippen LogP contribution in [0, 0.1) is 3.57 Å². The van der Waals surface area contributed by atoms with Gasteiger partial charge in [-0.05, 0) is 46.9 Å². The molecule has 5 nitrogen and oxygen atoms in total. The average molecular weight is 369 g/mol. The molecule has 0 spiro atoms. The van der Waals surface area contributed by atoms with Gasteiger partial charge in [0.2, 0.25) is 0 Å². The van der Waals surface area contributed by atoms with Crippen LogP contribution >= 0.6 is 22.6 Å². The van der Waals surface area contributed by atoms with Crippen LogP contribution in [0.4, 0.5) is 11.4 Å². The highest BCUT2D eigenvalue weighted by molar-refractivity contribution is 14.1. The normalized spacial score (nSPS) is 10.2. The summed E-state index contributed by atoms with van der Waals surface area (Å²) in [5.41, 5.74) is 7.19. The minimum Gasteiger partial charge on any atom is -0.507 e. The third-order valence-corrected chi connectivity index (χ3v) is 3.60. The van der Waals surface area contributed by atoms with Gasteiger partial charge in [0, 0.05) is 18.8 Å². The van der Waals surface area contributed by atoms with E-state index in [1.165, 1.54) is 17.2 Å². The van der Waals surface area contributed by atoms with Crippen LogP contribution in [0.15, 0.2) is 36.7 Å². The van der Waals surface area contributed by atoms with Crippen LogP contribution in [0.5, 0.6) is 5.75 Å². The summed E-state index contributed by atoms with van der Waals surface area (Å²) in [5.74, 6) is -0.160. The Balaban J connectivity index is 2.34. The minimum atomic E-state index is -0.246.